The molecule has 12 nitrogen and oxygen atoms in total. The highest BCUT2D eigenvalue weighted by atomic mass is 16.5. The van der Waals surface area contributed by atoms with Crippen molar-refractivity contribution < 1.29 is 23.9 Å². The number of carbonyl (C=O) groups is 3. The molecule has 1 aliphatic heterocycles. The number of fused-ring (bicyclic) bond motifs is 1. The van der Waals surface area contributed by atoms with Gasteiger partial charge in [0.05, 0.1) is 32.4 Å². The normalized spacial score (nSPS) is 15.1. The number of carbonyl (C=O) groups excluding carboxylic acids is 3. The molecule has 1 atom stereocenters. The van der Waals surface area contributed by atoms with Crippen LogP contribution in [0.15, 0.2) is 82.8 Å². The minimum Gasteiger partial charge on any atom is -0.466 e. The van der Waals surface area contributed by atoms with Gasteiger partial charge in [0, 0.05) is 36.6 Å². The van der Waals surface area contributed by atoms with Gasteiger partial charge in [0.15, 0.2) is 0 Å². The predicted molar refractivity (Wildman–Crippen MR) is 154 cm³/mol. The number of nitrogens with zero attached hydrogens (tertiary/aromatic N) is 4. The molecule has 4 rings (SSSR count). The molecule has 0 saturated carbocycles. The number of amidine groups is 2. The number of aromatic nitrogens is 1. The minimum absolute atomic E-state index is 0.0400. The smallest absolute Gasteiger partial charge is 0.412 e. The summed E-state index contributed by atoms with van der Waals surface area (Å²) in [6.45, 7) is 2.54. The lowest BCUT2D eigenvalue weighted by molar-refractivity contribution is -0.142. The van der Waals surface area contributed by atoms with Crippen molar-refractivity contribution in [3.05, 3.63) is 83.4 Å². The Kier molecular flexibility index (Phi) is 9.28. The van der Waals surface area contributed by atoms with E-state index in [1.807, 2.05) is 11.9 Å². The van der Waals surface area contributed by atoms with E-state index in [2.05, 4.69) is 26.1 Å². The van der Waals surface area contributed by atoms with E-state index in [9.17, 15) is 14.4 Å². The van der Waals surface area contributed by atoms with E-state index in [4.69, 9.17) is 15.1 Å². The first-order valence-corrected chi connectivity index (χ1v) is 13.0. The average Bonchev–Trinajstić information content (AvgIpc) is 3.31. The van der Waals surface area contributed by atoms with Gasteiger partial charge in [-0.15, -0.1) is 0 Å². The SMILES string of the molecule is CCOC(=O)CCN(C(=O)C1=CC2N=C(CNc3ccc(C(=N)NC(=O)OC)cc3)N(C)C2=C=C1)c1ccccn1. The van der Waals surface area contributed by atoms with Gasteiger partial charge in [0.1, 0.15) is 23.5 Å². The fraction of sp³-hybridized carbons (Fsp3) is 0.276. The Balaban J connectivity index is 1.44. The second-order valence-corrected chi connectivity index (χ2v) is 8.97. The van der Waals surface area contributed by atoms with Gasteiger partial charge in [-0.3, -0.25) is 30.2 Å². The number of methoxy groups -OCH3 is 1. The maximum absolute atomic E-state index is 13.5. The summed E-state index contributed by atoms with van der Waals surface area (Å²) < 4.78 is 9.55. The summed E-state index contributed by atoms with van der Waals surface area (Å²) in [6, 6.07) is 11.9. The Morgan fingerprint density at radius 2 is 1.95 bits per heavy atom. The number of esters is 1. The van der Waals surface area contributed by atoms with Crippen LogP contribution < -0.4 is 15.5 Å². The number of benzene rings is 1. The molecule has 12 heteroatoms. The topological polar surface area (TPSA) is 149 Å². The van der Waals surface area contributed by atoms with Crippen LogP contribution in [0.3, 0.4) is 0 Å². The van der Waals surface area contributed by atoms with Crippen LogP contribution in [0.25, 0.3) is 0 Å². The maximum Gasteiger partial charge on any atom is 0.412 e. The third kappa shape index (κ3) is 7.06. The Bertz CT molecular complexity index is 1440. The fourth-order valence-corrected chi connectivity index (χ4v) is 4.20. The lowest BCUT2D eigenvalue weighted by Crippen LogP contribution is -2.35. The molecular weight excluding hydrogens is 526 g/mol. The van der Waals surface area contributed by atoms with Crippen molar-refractivity contribution in [3.63, 3.8) is 0 Å². The quantitative estimate of drug-likeness (QED) is 0.175. The molecule has 1 aliphatic carbocycles. The Morgan fingerprint density at radius 3 is 2.63 bits per heavy atom. The summed E-state index contributed by atoms with van der Waals surface area (Å²) in [5.41, 5.74) is 5.74. The molecule has 212 valence electrons. The van der Waals surface area contributed by atoms with Crippen LogP contribution in [0, 0.1) is 5.41 Å². The summed E-state index contributed by atoms with van der Waals surface area (Å²) in [5, 5.41) is 13.6. The second-order valence-electron chi connectivity index (χ2n) is 8.97. The van der Waals surface area contributed by atoms with Gasteiger partial charge in [0.25, 0.3) is 5.91 Å². The molecule has 3 N–H and O–H groups in total. The largest absolute Gasteiger partial charge is 0.466 e. The van der Waals surface area contributed by atoms with E-state index >= 15 is 0 Å². The summed E-state index contributed by atoms with van der Waals surface area (Å²) >= 11 is 0. The zero-order chi connectivity index (χ0) is 29.4. The summed E-state index contributed by atoms with van der Waals surface area (Å²) in [7, 11) is 3.13. The zero-order valence-corrected chi connectivity index (χ0v) is 23.0. The molecule has 2 aliphatic rings. The van der Waals surface area contributed by atoms with Gasteiger partial charge >= 0.3 is 12.1 Å². The van der Waals surface area contributed by atoms with Crippen LogP contribution in [0.4, 0.5) is 16.3 Å². The Labute approximate surface area is 237 Å². The van der Waals surface area contributed by atoms with E-state index in [-0.39, 0.29) is 43.3 Å². The van der Waals surface area contributed by atoms with E-state index in [1.165, 1.54) is 12.0 Å². The summed E-state index contributed by atoms with van der Waals surface area (Å²) in [4.78, 5) is 49.3. The van der Waals surface area contributed by atoms with Crippen LogP contribution in [-0.4, -0.2) is 79.4 Å². The molecule has 0 saturated heterocycles. The molecule has 0 fully saturated rings. The highest BCUT2D eigenvalue weighted by molar-refractivity contribution is 6.08. The third-order valence-electron chi connectivity index (χ3n) is 6.33. The number of ether oxygens (including phenoxy) is 2. The first-order chi connectivity index (χ1) is 19.8. The number of alkyl carbamates (subject to hydrolysis) is 1. The second kappa shape index (κ2) is 13.2. The number of rotatable bonds is 10. The van der Waals surface area contributed by atoms with E-state index in [1.54, 1.807) is 67.7 Å². The number of amides is 2. The molecular formula is C29H31N7O5. The number of aliphatic imine (C=N–C) groups is 1. The zero-order valence-electron chi connectivity index (χ0n) is 23.0. The minimum atomic E-state index is -0.704. The van der Waals surface area contributed by atoms with Crippen LogP contribution in [0.5, 0.6) is 0 Å². The van der Waals surface area contributed by atoms with Crippen molar-refractivity contribution in [2.75, 3.05) is 44.1 Å². The molecule has 0 spiro atoms. The molecule has 1 unspecified atom stereocenters. The first kappa shape index (κ1) is 28.8. The number of pyridine rings is 1. The van der Waals surface area contributed by atoms with Gasteiger partial charge in [-0.1, -0.05) is 11.8 Å². The third-order valence-corrected chi connectivity index (χ3v) is 6.33. The molecule has 2 amide bonds. The molecule has 0 radical (unpaired) electrons. The van der Waals surface area contributed by atoms with Crippen molar-refractivity contribution in [1.29, 1.82) is 5.41 Å². The van der Waals surface area contributed by atoms with Crippen LogP contribution >= 0.6 is 0 Å². The van der Waals surface area contributed by atoms with Gasteiger partial charge in [0.2, 0.25) is 0 Å². The highest BCUT2D eigenvalue weighted by Gasteiger charge is 2.31. The van der Waals surface area contributed by atoms with E-state index in [0.717, 1.165) is 17.2 Å². The maximum atomic E-state index is 13.5. The number of anilines is 2. The van der Waals surface area contributed by atoms with Crippen molar-refractivity contribution >= 4 is 41.1 Å². The van der Waals surface area contributed by atoms with E-state index in [0.29, 0.717) is 23.5 Å². The van der Waals surface area contributed by atoms with Crippen molar-refractivity contribution in [3.8, 4) is 0 Å². The van der Waals surface area contributed by atoms with Gasteiger partial charge in [-0.05, 0) is 55.5 Å². The fourth-order valence-electron chi connectivity index (χ4n) is 4.20. The number of hydrogen-bond acceptors (Lipinski definition) is 10. The average molecular weight is 558 g/mol. The molecule has 2 aromatic rings. The monoisotopic (exact) mass is 557 g/mol. The lowest BCUT2D eigenvalue weighted by atomic mass is 10.0. The van der Waals surface area contributed by atoms with E-state index < -0.39 is 6.09 Å². The van der Waals surface area contributed by atoms with Crippen molar-refractivity contribution in [2.24, 2.45) is 4.99 Å². The molecule has 1 aromatic heterocycles. The standard InChI is InChI=1S/C29H31N7O5/c1-4-41-26(37)14-16-36(24-7-5-6-15-31-24)28(38)20-10-13-23-22(17-20)33-25(35(23)2)18-32-21-11-8-19(9-12-21)27(30)34-29(39)40-3/h5-12,15,17,22,32H,4,14,16,18H2,1-3H3,(H2,30,34,39). The molecule has 1 aromatic carbocycles. The number of likely N-dealkylation sites (N-methyl/N-ethyl adjacent to an activating group) is 1. The first-order valence-electron chi connectivity index (χ1n) is 13.0. The van der Waals surface area contributed by atoms with Crippen LogP contribution in [0.2, 0.25) is 0 Å². The van der Waals surface area contributed by atoms with Crippen molar-refractivity contribution in [2.45, 2.75) is 19.4 Å². The summed E-state index contributed by atoms with van der Waals surface area (Å²) in [5.74, 6) is 0.428. The predicted octanol–water partition coefficient (Wildman–Crippen LogP) is 2.85. The number of hydrogen-bond donors (Lipinski definition) is 3. The summed E-state index contributed by atoms with van der Waals surface area (Å²) in [6.07, 6.45) is 4.34. The van der Waals surface area contributed by atoms with Gasteiger partial charge in [-0.25, -0.2) is 9.78 Å². The van der Waals surface area contributed by atoms with Crippen molar-refractivity contribution in [1.82, 2.24) is 15.2 Å². The molecule has 0 bridgehead atoms. The molecule has 41 heavy (non-hydrogen) atoms. The number of nitrogens with one attached hydrogen (secondary N) is 3. The van der Waals surface area contributed by atoms with Gasteiger partial charge < -0.3 is 19.7 Å². The van der Waals surface area contributed by atoms with Crippen LogP contribution in [-0.2, 0) is 19.1 Å². The Hall–Kier alpha value is -5.22. The Morgan fingerprint density at radius 1 is 1.17 bits per heavy atom. The molecule has 2 heterocycles. The lowest BCUT2D eigenvalue weighted by Gasteiger charge is -2.23. The highest BCUT2D eigenvalue weighted by Crippen LogP contribution is 2.26. The van der Waals surface area contributed by atoms with Crippen LogP contribution in [0.1, 0.15) is 18.9 Å². The van der Waals surface area contributed by atoms with Gasteiger partial charge in [-0.2, -0.15) is 0 Å².